The van der Waals surface area contributed by atoms with Crippen LogP contribution in [0.4, 0.5) is 10.1 Å². The molecule has 0 spiro atoms. The van der Waals surface area contributed by atoms with Crippen LogP contribution in [-0.4, -0.2) is 51.0 Å². The number of fused-ring (bicyclic) bond motifs is 1. The van der Waals surface area contributed by atoms with Gasteiger partial charge in [0.15, 0.2) is 5.82 Å². The molecule has 1 aromatic carbocycles. The summed E-state index contributed by atoms with van der Waals surface area (Å²) in [5.74, 6) is 0.124. The largest absolute Gasteiger partial charge is 0.378 e. The van der Waals surface area contributed by atoms with Gasteiger partial charge < -0.3 is 14.6 Å². The van der Waals surface area contributed by atoms with E-state index in [1.165, 1.54) is 0 Å². The molecule has 8 heteroatoms. The van der Waals surface area contributed by atoms with E-state index in [-0.39, 0.29) is 11.9 Å². The van der Waals surface area contributed by atoms with Crippen molar-refractivity contribution in [2.24, 2.45) is 0 Å². The fourth-order valence-electron chi connectivity index (χ4n) is 4.34. The zero-order valence-corrected chi connectivity index (χ0v) is 17.9. The first-order valence-electron chi connectivity index (χ1n) is 10.5. The van der Waals surface area contributed by atoms with E-state index >= 15 is 4.39 Å². The van der Waals surface area contributed by atoms with E-state index in [0.29, 0.717) is 43.3 Å². The third-order valence-electron chi connectivity index (χ3n) is 6.21. The van der Waals surface area contributed by atoms with Gasteiger partial charge in [-0.25, -0.2) is 17.5 Å². The third-order valence-corrected chi connectivity index (χ3v) is 8.11. The maximum atomic E-state index is 15.2. The minimum absolute atomic E-state index is 0.00677. The number of rotatable bonds is 5. The van der Waals surface area contributed by atoms with Crippen LogP contribution in [0.25, 0.3) is 10.9 Å². The van der Waals surface area contributed by atoms with Crippen molar-refractivity contribution in [2.45, 2.75) is 56.7 Å². The van der Waals surface area contributed by atoms with Crippen LogP contribution < -0.4 is 9.62 Å². The maximum absolute atomic E-state index is 15.2. The molecule has 1 aliphatic carbocycles. The van der Waals surface area contributed by atoms with Gasteiger partial charge in [-0.15, -0.1) is 0 Å². The average molecular weight is 424 g/mol. The highest BCUT2D eigenvalue weighted by atomic mass is 32.2. The van der Waals surface area contributed by atoms with Gasteiger partial charge in [0.25, 0.3) is 0 Å². The number of halogens is 1. The molecule has 2 heterocycles. The van der Waals surface area contributed by atoms with Crippen LogP contribution >= 0.6 is 0 Å². The van der Waals surface area contributed by atoms with E-state index in [0.717, 1.165) is 36.9 Å². The lowest BCUT2D eigenvalue weighted by atomic mass is 9.84. The second kappa shape index (κ2) is 8.24. The molecule has 160 valence electrons. The topological polar surface area (TPSA) is 74.4 Å². The van der Waals surface area contributed by atoms with Gasteiger partial charge in [-0.1, -0.05) is 0 Å². The molecule has 1 aliphatic heterocycles. The molecule has 29 heavy (non-hydrogen) atoms. The number of ether oxygens (including phenoxy) is 1. The van der Waals surface area contributed by atoms with Crippen molar-refractivity contribution in [3.05, 3.63) is 29.7 Å². The summed E-state index contributed by atoms with van der Waals surface area (Å²) in [6.07, 6.45) is 3.37. The van der Waals surface area contributed by atoms with Gasteiger partial charge >= 0.3 is 0 Å². The van der Waals surface area contributed by atoms with Gasteiger partial charge in [0.2, 0.25) is 10.0 Å². The van der Waals surface area contributed by atoms with Crippen molar-refractivity contribution in [1.29, 1.82) is 0 Å². The van der Waals surface area contributed by atoms with E-state index in [1.54, 1.807) is 13.8 Å². The quantitative estimate of drug-likeness (QED) is 0.772. The molecular formula is C21H30FN3O3S. The molecule has 0 unspecified atom stereocenters. The van der Waals surface area contributed by atoms with Crippen molar-refractivity contribution in [2.75, 3.05) is 31.2 Å². The summed E-state index contributed by atoms with van der Waals surface area (Å²) in [6, 6.07) is 5.74. The fraction of sp³-hybridized carbons (Fsp3) is 0.619. The van der Waals surface area contributed by atoms with Gasteiger partial charge in [0.1, 0.15) is 0 Å². The molecule has 2 aromatic rings. The van der Waals surface area contributed by atoms with E-state index in [1.807, 2.05) is 23.1 Å². The normalized spacial score (nSPS) is 23.8. The van der Waals surface area contributed by atoms with Gasteiger partial charge in [-0.3, -0.25) is 0 Å². The van der Waals surface area contributed by atoms with Crippen molar-refractivity contribution in [3.63, 3.8) is 0 Å². The van der Waals surface area contributed by atoms with Crippen LogP contribution in [-0.2, 0) is 14.8 Å². The number of aromatic amines is 1. The molecule has 0 amide bonds. The predicted molar refractivity (Wildman–Crippen MR) is 113 cm³/mol. The Kier molecular flexibility index (Phi) is 5.86. The maximum Gasteiger partial charge on any atom is 0.214 e. The Labute approximate surface area is 171 Å². The fourth-order valence-corrected chi connectivity index (χ4v) is 5.31. The van der Waals surface area contributed by atoms with Crippen LogP contribution in [0.5, 0.6) is 0 Å². The smallest absolute Gasteiger partial charge is 0.214 e. The lowest BCUT2D eigenvalue weighted by Gasteiger charge is -2.29. The summed E-state index contributed by atoms with van der Waals surface area (Å²) < 4.78 is 47.6. The molecule has 2 N–H and O–H groups in total. The second-order valence-electron chi connectivity index (χ2n) is 8.44. The van der Waals surface area contributed by atoms with Crippen molar-refractivity contribution >= 4 is 26.6 Å². The molecule has 0 radical (unpaired) electrons. The number of aromatic nitrogens is 1. The van der Waals surface area contributed by atoms with Crippen LogP contribution in [0.2, 0.25) is 0 Å². The number of benzene rings is 1. The number of nitrogens with one attached hydrogen (secondary N) is 2. The predicted octanol–water partition coefficient (Wildman–Crippen LogP) is 3.50. The molecular weight excluding hydrogens is 393 g/mol. The van der Waals surface area contributed by atoms with Crippen molar-refractivity contribution < 1.29 is 17.5 Å². The molecule has 1 aromatic heterocycles. The molecule has 2 aliphatic rings. The zero-order valence-electron chi connectivity index (χ0n) is 17.1. The minimum atomic E-state index is -3.24. The first-order chi connectivity index (χ1) is 13.8. The van der Waals surface area contributed by atoms with Gasteiger partial charge in [-0.2, -0.15) is 0 Å². The van der Waals surface area contributed by atoms with Gasteiger partial charge in [0, 0.05) is 35.7 Å². The Hall–Kier alpha value is -1.64. The van der Waals surface area contributed by atoms with E-state index < -0.39 is 15.3 Å². The lowest BCUT2D eigenvalue weighted by molar-refractivity contribution is 0.122. The summed E-state index contributed by atoms with van der Waals surface area (Å²) in [5, 5.41) is 0.212. The molecule has 0 bridgehead atoms. The molecule has 4 rings (SSSR count). The molecule has 6 nitrogen and oxygen atoms in total. The van der Waals surface area contributed by atoms with Crippen molar-refractivity contribution in [3.8, 4) is 0 Å². The summed E-state index contributed by atoms with van der Waals surface area (Å²) in [6.45, 7) is 6.04. The minimum Gasteiger partial charge on any atom is -0.378 e. The Balaban J connectivity index is 1.47. The zero-order chi connectivity index (χ0) is 20.6. The first kappa shape index (κ1) is 20.6. The van der Waals surface area contributed by atoms with Gasteiger partial charge in [0.05, 0.1) is 24.2 Å². The highest BCUT2D eigenvalue weighted by molar-refractivity contribution is 7.90. The Morgan fingerprint density at radius 1 is 1.17 bits per heavy atom. The van der Waals surface area contributed by atoms with Crippen molar-refractivity contribution in [1.82, 2.24) is 9.71 Å². The standard InChI is InChI=1S/C21H30FN3O3S/c1-14(2)29(26,27)24-16-5-3-15(4-6-16)19-13-17-18(23-19)7-8-20(21(17)22)25-9-11-28-12-10-25/h7-8,13-16,23-24H,3-6,9-12H2,1-2H3/t15-,16-. The van der Waals surface area contributed by atoms with E-state index in [2.05, 4.69) is 9.71 Å². The number of hydrogen-bond acceptors (Lipinski definition) is 4. The number of anilines is 1. The summed E-state index contributed by atoms with van der Waals surface area (Å²) in [4.78, 5) is 5.43. The SMILES string of the molecule is CC(C)S(=O)(=O)N[C@H]1CC[C@H](c2cc3c(F)c(N4CCOCC4)ccc3[nH]2)CC1. The van der Waals surface area contributed by atoms with Gasteiger partial charge in [-0.05, 0) is 63.6 Å². The van der Waals surface area contributed by atoms with E-state index in [9.17, 15) is 8.42 Å². The number of H-pyrrole nitrogens is 1. The highest BCUT2D eigenvalue weighted by Gasteiger charge is 2.28. The first-order valence-corrected chi connectivity index (χ1v) is 12.0. The Bertz CT molecular complexity index is 959. The summed E-state index contributed by atoms with van der Waals surface area (Å²) >= 11 is 0. The second-order valence-corrected chi connectivity index (χ2v) is 10.7. The monoisotopic (exact) mass is 423 g/mol. The van der Waals surface area contributed by atoms with Crippen LogP contribution in [0.1, 0.15) is 51.1 Å². The Morgan fingerprint density at radius 2 is 1.86 bits per heavy atom. The Morgan fingerprint density at radius 3 is 2.52 bits per heavy atom. The highest BCUT2D eigenvalue weighted by Crippen LogP contribution is 2.36. The summed E-state index contributed by atoms with van der Waals surface area (Å²) in [7, 11) is -3.24. The lowest BCUT2D eigenvalue weighted by Crippen LogP contribution is -2.40. The molecule has 2 fully saturated rings. The molecule has 1 saturated carbocycles. The number of nitrogens with zero attached hydrogens (tertiary/aromatic N) is 1. The number of hydrogen-bond donors (Lipinski definition) is 2. The van der Waals surface area contributed by atoms with Crippen LogP contribution in [0.15, 0.2) is 18.2 Å². The number of morpholine rings is 1. The molecule has 1 saturated heterocycles. The average Bonchev–Trinajstić information content (AvgIpc) is 3.14. The van der Waals surface area contributed by atoms with E-state index in [4.69, 9.17) is 4.74 Å². The third kappa shape index (κ3) is 4.29. The number of sulfonamides is 1. The van der Waals surface area contributed by atoms with Crippen LogP contribution in [0, 0.1) is 5.82 Å². The molecule has 0 atom stereocenters. The van der Waals surface area contributed by atoms with Crippen LogP contribution in [0.3, 0.4) is 0 Å². The summed E-state index contributed by atoms with van der Waals surface area (Å²) in [5.41, 5.74) is 2.50.